The van der Waals surface area contributed by atoms with Gasteiger partial charge in [-0.2, -0.15) is 9.83 Å². The van der Waals surface area contributed by atoms with Crippen LogP contribution < -0.4 is 4.57 Å². The van der Waals surface area contributed by atoms with Crippen LogP contribution in [0.3, 0.4) is 0 Å². The molecule has 3 nitrogen and oxygen atoms in total. The van der Waals surface area contributed by atoms with Crippen molar-refractivity contribution in [3.63, 3.8) is 0 Å². The maximum Gasteiger partial charge on any atom is 0.216 e. The molecule has 0 amide bonds. The minimum atomic E-state index is -0.346. The van der Waals surface area contributed by atoms with Crippen LogP contribution in [0.5, 0.6) is 0 Å². The first-order valence-electron chi connectivity index (χ1n) is 11.3. The Kier molecular flexibility index (Phi) is 5.02. The first kappa shape index (κ1) is 21.9. The summed E-state index contributed by atoms with van der Waals surface area (Å²) >= 11 is 0. The van der Waals surface area contributed by atoms with Gasteiger partial charge >= 0.3 is 0 Å². The quantitative estimate of drug-likeness (QED) is 0.264. The van der Waals surface area contributed by atoms with Gasteiger partial charge in [-0.1, -0.05) is 63.2 Å². The van der Waals surface area contributed by atoms with Crippen LogP contribution in [0.15, 0.2) is 71.3 Å². The number of nitrogens with zero attached hydrogens (tertiary/aromatic N) is 2. The van der Waals surface area contributed by atoms with Crippen LogP contribution in [0.4, 0.5) is 4.39 Å². The van der Waals surface area contributed by atoms with Gasteiger partial charge in [0.15, 0.2) is 5.82 Å². The van der Waals surface area contributed by atoms with Crippen LogP contribution in [0.1, 0.15) is 37.5 Å². The number of pyridine rings is 1. The molecule has 0 radical (unpaired) electrons. The molecule has 0 aliphatic rings. The average Bonchev–Trinajstić information content (AvgIpc) is 3.17. The fraction of sp³-hybridized carbons (Fsp3) is 0.200. The predicted octanol–water partition coefficient (Wildman–Crippen LogP) is 7.36. The van der Waals surface area contributed by atoms with E-state index in [-0.39, 0.29) is 11.2 Å². The zero-order chi connectivity index (χ0) is 24.2. The zero-order valence-corrected chi connectivity index (χ0v) is 20.0. The van der Waals surface area contributed by atoms with Gasteiger partial charge < -0.3 is 4.42 Å². The number of benzene rings is 3. The Morgan fingerprint density at radius 3 is 2.38 bits per heavy atom. The molecule has 0 aliphatic heterocycles. The molecule has 5 aromatic rings. The number of aryl methyl sites for hydroxylation is 2. The van der Waals surface area contributed by atoms with E-state index in [1.165, 1.54) is 6.20 Å². The summed E-state index contributed by atoms with van der Waals surface area (Å²) in [5, 5.41) is 11.7. The number of rotatable bonds is 2. The molecule has 0 bridgehead atoms. The topological polar surface area (TPSA) is 40.8 Å². The van der Waals surface area contributed by atoms with Crippen LogP contribution in [0.25, 0.3) is 44.3 Å². The molecular weight excluding hydrogens is 423 g/mol. The molecule has 5 rings (SSSR count). The lowest BCUT2D eigenvalue weighted by molar-refractivity contribution is -0.662. The second-order valence-corrected chi connectivity index (χ2v) is 9.89. The normalized spacial score (nSPS) is 11.8. The van der Waals surface area contributed by atoms with Crippen molar-refractivity contribution in [1.29, 1.82) is 5.26 Å². The molecule has 0 spiro atoms. The van der Waals surface area contributed by atoms with E-state index in [9.17, 15) is 9.65 Å². The highest BCUT2D eigenvalue weighted by molar-refractivity contribution is 6.12. The minimum Gasteiger partial charge on any atom is -0.455 e. The van der Waals surface area contributed by atoms with Gasteiger partial charge in [-0.3, -0.25) is 0 Å². The molecule has 3 aromatic carbocycles. The van der Waals surface area contributed by atoms with Gasteiger partial charge in [0.1, 0.15) is 18.2 Å². The Morgan fingerprint density at radius 1 is 0.971 bits per heavy atom. The van der Waals surface area contributed by atoms with Crippen molar-refractivity contribution in [3.8, 4) is 28.5 Å². The number of aromatic nitrogens is 1. The maximum atomic E-state index is 14.8. The fourth-order valence-electron chi connectivity index (χ4n) is 4.71. The molecule has 0 unspecified atom stereocenters. The SMILES string of the molecule is Cc1ccc2c(oc3cc(-c4ccccc4)cc(C#N)c32)c1-c1cc(C(C)(C)C)c(F)c[n+]1C. The lowest BCUT2D eigenvalue weighted by atomic mass is 9.86. The summed E-state index contributed by atoms with van der Waals surface area (Å²) in [4.78, 5) is 0. The molecule has 4 heteroatoms. The van der Waals surface area contributed by atoms with Gasteiger partial charge in [-0.25, -0.2) is 4.39 Å². The summed E-state index contributed by atoms with van der Waals surface area (Å²) in [6.45, 7) is 8.05. The van der Waals surface area contributed by atoms with Crippen LogP contribution in [-0.2, 0) is 12.5 Å². The molecule has 0 atom stereocenters. The first-order chi connectivity index (χ1) is 16.2. The van der Waals surface area contributed by atoms with E-state index in [0.717, 1.165) is 38.7 Å². The number of fused-ring (bicyclic) bond motifs is 3. The molecule has 0 fully saturated rings. The lowest BCUT2D eigenvalue weighted by Crippen LogP contribution is -2.33. The largest absolute Gasteiger partial charge is 0.455 e. The molecule has 34 heavy (non-hydrogen) atoms. The molecule has 2 heterocycles. The van der Waals surface area contributed by atoms with Crippen molar-refractivity contribution in [2.75, 3.05) is 0 Å². The molecule has 168 valence electrons. The Bertz CT molecular complexity index is 1620. The summed E-state index contributed by atoms with van der Waals surface area (Å²) in [7, 11) is 1.85. The monoisotopic (exact) mass is 449 g/mol. The molecule has 0 aliphatic carbocycles. The Balaban J connectivity index is 1.85. The third-order valence-electron chi connectivity index (χ3n) is 6.47. The van der Waals surface area contributed by atoms with E-state index in [1.807, 2.05) is 95.4 Å². The van der Waals surface area contributed by atoms with E-state index in [1.54, 1.807) is 4.57 Å². The van der Waals surface area contributed by atoms with Crippen LogP contribution >= 0.6 is 0 Å². The summed E-state index contributed by atoms with van der Waals surface area (Å²) in [6, 6.07) is 22.2. The summed E-state index contributed by atoms with van der Waals surface area (Å²) in [6.07, 6.45) is 1.53. The van der Waals surface area contributed by atoms with Gasteiger partial charge in [-0.05, 0) is 41.2 Å². The smallest absolute Gasteiger partial charge is 0.216 e. The highest BCUT2D eigenvalue weighted by Gasteiger charge is 2.27. The standard InChI is InChI=1S/C30H26FN2O/c1-18-11-12-22-28-21(16-32)13-20(19-9-7-6-8-10-19)14-26(28)34-29(22)27(18)25-15-23(30(2,3)4)24(31)17-33(25)5/h6-15,17H,1-5H3/q+1. The zero-order valence-electron chi connectivity index (χ0n) is 20.0. The molecule has 2 aromatic heterocycles. The van der Waals surface area contributed by atoms with Gasteiger partial charge in [0.05, 0.1) is 17.2 Å². The first-order valence-corrected chi connectivity index (χ1v) is 11.3. The van der Waals surface area contributed by atoms with E-state index >= 15 is 0 Å². The number of furan rings is 1. The summed E-state index contributed by atoms with van der Waals surface area (Å²) in [5.41, 5.74) is 7.01. The van der Waals surface area contributed by atoms with Crippen molar-refractivity contribution in [2.45, 2.75) is 33.1 Å². The van der Waals surface area contributed by atoms with E-state index in [2.05, 4.69) is 6.07 Å². The average molecular weight is 450 g/mol. The van der Waals surface area contributed by atoms with Crippen molar-refractivity contribution in [3.05, 3.63) is 89.4 Å². The number of halogens is 1. The second-order valence-electron chi connectivity index (χ2n) is 9.89. The van der Waals surface area contributed by atoms with Crippen LogP contribution in [0, 0.1) is 24.1 Å². The van der Waals surface area contributed by atoms with Crippen molar-refractivity contribution < 1.29 is 13.4 Å². The number of hydrogen-bond acceptors (Lipinski definition) is 2. The van der Waals surface area contributed by atoms with Gasteiger partial charge in [0, 0.05) is 22.4 Å². The maximum absolute atomic E-state index is 14.8. The third-order valence-corrected chi connectivity index (χ3v) is 6.47. The fourth-order valence-corrected chi connectivity index (χ4v) is 4.71. The Labute approximate surface area is 198 Å². The van der Waals surface area contributed by atoms with Gasteiger partial charge in [-0.15, -0.1) is 0 Å². The molecule has 0 N–H and O–H groups in total. The number of nitriles is 1. The Hall–Kier alpha value is -3.97. The van der Waals surface area contributed by atoms with Crippen LogP contribution in [-0.4, -0.2) is 0 Å². The van der Waals surface area contributed by atoms with E-state index in [0.29, 0.717) is 22.3 Å². The van der Waals surface area contributed by atoms with Crippen molar-refractivity contribution in [2.24, 2.45) is 7.05 Å². The lowest BCUT2D eigenvalue weighted by Gasteiger charge is -2.19. The van der Waals surface area contributed by atoms with Crippen LogP contribution in [0.2, 0.25) is 0 Å². The third kappa shape index (κ3) is 3.45. The molecule has 0 saturated heterocycles. The van der Waals surface area contributed by atoms with Crippen molar-refractivity contribution >= 4 is 21.9 Å². The minimum absolute atomic E-state index is 0.229. The summed E-state index contributed by atoms with van der Waals surface area (Å²) < 4.78 is 23.1. The van der Waals surface area contributed by atoms with Crippen molar-refractivity contribution in [1.82, 2.24) is 0 Å². The number of hydrogen-bond donors (Lipinski definition) is 0. The molecule has 0 saturated carbocycles. The Morgan fingerprint density at radius 2 is 1.71 bits per heavy atom. The van der Waals surface area contributed by atoms with Gasteiger partial charge in [0.2, 0.25) is 11.9 Å². The van der Waals surface area contributed by atoms with E-state index < -0.39 is 0 Å². The summed E-state index contributed by atoms with van der Waals surface area (Å²) in [5.74, 6) is -0.229. The predicted molar refractivity (Wildman–Crippen MR) is 134 cm³/mol. The highest BCUT2D eigenvalue weighted by atomic mass is 19.1. The second kappa shape index (κ2) is 7.81. The molecular formula is C30H26FN2O+. The highest BCUT2D eigenvalue weighted by Crippen LogP contribution is 2.40. The van der Waals surface area contributed by atoms with E-state index in [4.69, 9.17) is 4.42 Å². The van der Waals surface area contributed by atoms with Gasteiger partial charge in [0.25, 0.3) is 0 Å².